The van der Waals surface area contributed by atoms with Crippen LogP contribution in [0, 0.1) is 30.1 Å². The number of thiocarbonyl (C=S) groups is 1. The average molecular weight is 503 g/mol. The summed E-state index contributed by atoms with van der Waals surface area (Å²) >= 11 is 6.76. The van der Waals surface area contributed by atoms with E-state index in [1.54, 1.807) is 16.6 Å². The molecule has 0 spiro atoms. The lowest BCUT2D eigenvalue weighted by atomic mass is 9.91. The Morgan fingerprint density at radius 1 is 1.24 bits per heavy atom. The van der Waals surface area contributed by atoms with E-state index in [0.717, 1.165) is 37.3 Å². The van der Waals surface area contributed by atoms with Gasteiger partial charge in [-0.05, 0) is 49.7 Å². The number of amides is 1. The molecule has 0 saturated carbocycles. The first-order chi connectivity index (χ1) is 16.2. The van der Waals surface area contributed by atoms with Crippen molar-refractivity contribution in [3.05, 3.63) is 31.9 Å². The summed E-state index contributed by atoms with van der Waals surface area (Å²) in [5, 5.41) is 9.81. The topological polar surface area (TPSA) is 78.6 Å². The van der Waals surface area contributed by atoms with Crippen molar-refractivity contribution in [3.8, 4) is 6.07 Å². The molecule has 2 unspecified atom stereocenters. The molecule has 2 aliphatic heterocycles. The first-order valence-corrected chi connectivity index (χ1v) is 13.1. The number of nitriles is 1. The lowest BCUT2D eigenvalue weighted by Crippen LogP contribution is -2.43. The first kappa shape index (κ1) is 26.5. The number of anilines is 1. The van der Waals surface area contributed by atoms with Crippen molar-refractivity contribution in [1.82, 2.24) is 9.47 Å². The van der Waals surface area contributed by atoms with Crippen LogP contribution in [0.2, 0.25) is 0 Å². The van der Waals surface area contributed by atoms with Crippen LogP contribution in [0.3, 0.4) is 0 Å². The molecule has 2 aliphatic rings. The molecule has 3 heterocycles. The number of hydrogen-bond acceptors (Lipinski definition) is 7. The van der Waals surface area contributed by atoms with Gasteiger partial charge in [-0.3, -0.25) is 19.1 Å². The maximum absolute atomic E-state index is 13.3. The number of carbonyl (C=O) groups is 1. The third-order valence-corrected chi connectivity index (χ3v) is 7.72. The van der Waals surface area contributed by atoms with Crippen LogP contribution in [-0.2, 0) is 16.1 Å². The van der Waals surface area contributed by atoms with Gasteiger partial charge in [0.05, 0.1) is 4.91 Å². The van der Waals surface area contributed by atoms with Crippen molar-refractivity contribution in [3.63, 3.8) is 0 Å². The van der Waals surface area contributed by atoms with Crippen molar-refractivity contribution in [2.24, 2.45) is 11.8 Å². The molecule has 34 heavy (non-hydrogen) atoms. The smallest absolute Gasteiger partial charge is 0.270 e. The maximum Gasteiger partial charge on any atom is 0.270 e. The van der Waals surface area contributed by atoms with Gasteiger partial charge in [0.2, 0.25) is 0 Å². The number of hydrogen-bond donors (Lipinski definition) is 0. The highest BCUT2D eigenvalue weighted by molar-refractivity contribution is 8.26. The second-order valence-electron chi connectivity index (χ2n) is 9.34. The van der Waals surface area contributed by atoms with Gasteiger partial charge in [-0.15, -0.1) is 0 Å². The number of rotatable bonds is 8. The molecule has 2 atom stereocenters. The molecule has 0 aliphatic carbocycles. The van der Waals surface area contributed by atoms with Gasteiger partial charge in [0, 0.05) is 45.5 Å². The van der Waals surface area contributed by atoms with Crippen molar-refractivity contribution in [2.45, 2.75) is 53.5 Å². The fourth-order valence-corrected chi connectivity index (χ4v) is 6.23. The maximum atomic E-state index is 13.3. The van der Waals surface area contributed by atoms with Gasteiger partial charge in [0.1, 0.15) is 21.8 Å². The van der Waals surface area contributed by atoms with E-state index >= 15 is 0 Å². The van der Waals surface area contributed by atoms with Crippen molar-refractivity contribution < 1.29 is 9.53 Å². The molecule has 0 radical (unpaired) electrons. The second-order valence-corrected chi connectivity index (χ2v) is 11.0. The normalized spacial score (nSPS) is 22.1. The summed E-state index contributed by atoms with van der Waals surface area (Å²) in [5.41, 5.74) is 1.26. The third-order valence-electron chi connectivity index (χ3n) is 6.34. The number of ether oxygens (including phenoxy) is 1. The molecule has 184 valence electrons. The molecule has 2 saturated heterocycles. The van der Waals surface area contributed by atoms with Gasteiger partial charge in [-0.2, -0.15) is 5.26 Å². The molecule has 7 nitrogen and oxygen atoms in total. The highest BCUT2D eigenvalue weighted by Gasteiger charge is 2.33. The van der Waals surface area contributed by atoms with E-state index in [1.165, 1.54) is 11.8 Å². The number of carbonyl (C=O) groups excluding carboxylic acids is 1. The largest absolute Gasteiger partial charge is 0.385 e. The Morgan fingerprint density at radius 3 is 2.50 bits per heavy atom. The summed E-state index contributed by atoms with van der Waals surface area (Å²) in [7, 11) is 1.63. The Morgan fingerprint density at radius 2 is 1.91 bits per heavy atom. The Bertz CT molecular complexity index is 1080. The van der Waals surface area contributed by atoms with E-state index in [0.29, 0.717) is 52.7 Å². The lowest BCUT2D eigenvalue weighted by molar-refractivity contribution is -0.122. The highest BCUT2D eigenvalue weighted by Crippen LogP contribution is 2.37. The first-order valence-electron chi connectivity index (χ1n) is 11.9. The van der Waals surface area contributed by atoms with Crippen LogP contribution < -0.4 is 10.5 Å². The van der Waals surface area contributed by atoms with Gasteiger partial charge < -0.3 is 9.64 Å². The third kappa shape index (κ3) is 5.40. The molecule has 3 rings (SSSR count). The van der Waals surface area contributed by atoms with Crippen LogP contribution >= 0.6 is 24.0 Å². The van der Waals surface area contributed by atoms with Gasteiger partial charge in [0.15, 0.2) is 0 Å². The molecule has 2 fully saturated rings. The van der Waals surface area contributed by atoms with Gasteiger partial charge in [-0.25, -0.2) is 0 Å². The van der Waals surface area contributed by atoms with E-state index in [-0.39, 0.29) is 17.0 Å². The van der Waals surface area contributed by atoms with E-state index in [4.69, 9.17) is 17.0 Å². The zero-order valence-corrected chi connectivity index (χ0v) is 22.4. The van der Waals surface area contributed by atoms with Gasteiger partial charge >= 0.3 is 0 Å². The quantitative estimate of drug-likeness (QED) is 0.300. The van der Waals surface area contributed by atoms with E-state index in [9.17, 15) is 14.9 Å². The van der Waals surface area contributed by atoms with E-state index in [1.807, 2.05) is 19.9 Å². The van der Waals surface area contributed by atoms with Crippen molar-refractivity contribution >= 4 is 46.1 Å². The summed E-state index contributed by atoms with van der Waals surface area (Å²) in [4.78, 5) is 30.9. The van der Waals surface area contributed by atoms with Crippen LogP contribution in [0.1, 0.15) is 56.7 Å². The number of aromatic nitrogens is 1. The monoisotopic (exact) mass is 502 g/mol. The van der Waals surface area contributed by atoms with Gasteiger partial charge in [0.25, 0.3) is 11.5 Å². The van der Waals surface area contributed by atoms with E-state index < -0.39 is 0 Å². The summed E-state index contributed by atoms with van der Waals surface area (Å²) in [6.07, 6.45) is 4.45. The minimum Gasteiger partial charge on any atom is -0.385 e. The van der Waals surface area contributed by atoms with Crippen LogP contribution in [-0.4, -0.2) is 53.0 Å². The molecule has 0 N–H and O–H groups in total. The fourth-order valence-electron chi connectivity index (χ4n) is 4.94. The standard InChI is InChI=1S/C25H34N4O3S2/c1-6-8-28-22(27-14-16(2)11-17(3)15-27)19(18(4)20(13-26)23(28)30)12-21-24(31)29(25(33)34-21)9-7-10-32-5/h12,16-17H,6-11,14-15H2,1-5H3/b21-12-. The molecular weight excluding hydrogens is 468 g/mol. The van der Waals surface area contributed by atoms with Crippen molar-refractivity contribution in [2.75, 3.05) is 38.3 Å². The Labute approximate surface area is 211 Å². The summed E-state index contributed by atoms with van der Waals surface area (Å²) in [6.45, 7) is 11.5. The van der Waals surface area contributed by atoms with Gasteiger partial charge in [-0.1, -0.05) is 44.8 Å². The van der Waals surface area contributed by atoms with Crippen LogP contribution in [0.25, 0.3) is 6.08 Å². The number of thioether (sulfide) groups is 1. The average Bonchev–Trinajstić information content (AvgIpc) is 3.04. The number of pyridine rings is 1. The molecule has 0 aromatic carbocycles. The van der Waals surface area contributed by atoms with Crippen molar-refractivity contribution in [1.29, 1.82) is 5.26 Å². The highest BCUT2D eigenvalue weighted by atomic mass is 32.2. The fraction of sp³-hybridized carbons (Fsp3) is 0.600. The number of piperidine rings is 1. The van der Waals surface area contributed by atoms with Crippen LogP contribution in [0.5, 0.6) is 0 Å². The molecule has 1 aromatic rings. The Hall–Kier alpha value is -2.15. The predicted molar refractivity (Wildman–Crippen MR) is 142 cm³/mol. The number of methoxy groups -OCH3 is 1. The molecule has 1 aromatic heterocycles. The minimum atomic E-state index is -0.257. The lowest BCUT2D eigenvalue weighted by Gasteiger charge is -2.39. The van der Waals surface area contributed by atoms with E-state index in [2.05, 4.69) is 24.8 Å². The number of nitrogens with zero attached hydrogens (tertiary/aromatic N) is 4. The molecular formula is C25H34N4O3S2. The Balaban J connectivity index is 2.17. The minimum absolute atomic E-state index is 0.136. The molecule has 1 amide bonds. The zero-order chi connectivity index (χ0) is 25.0. The SMILES string of the molecule is CCCn1c(N2CC(C)CC(C)C2)c(/C=C2\SC(=S)N(CCCOC)C2=O)c(C)c(C#N)c1=O. The molecule has 0 bridgehead atoms. The molecule has 9 heteroatoms. The second kappa shape index (κ2) is 11.5. The summed E-state index contributed by atoms with van der Waals surface area (Å²) in [5.74, 6) is 1.64. The van der Waals surface area contributed by atoms with Crippen LogP contribution in [0.4, 0.5) is 5.82 Å². The summed E-state index contributed by atoms with van der Waals surface area (Å²) < 4.78 is 7.37. The predicted octanol–water partition coefficient (Wildman–Crippen LogP) is 4.16. The Kier molecular flexibility index (Phi) is 8.96. The zero-order valence-electron chi connectivity index (χ0n) is 20.7. The van der Waals surface area contributed by atoms with Crippen LogP contribution in [0.15, 0.2) is 9.70 Å². The summed E-state index contributed by atoms with van der Waals surface area (Å²) in [6, 6.07) is 2.12.